The lowest BCUT2D eigenvalue weighted by Crippen LogP contribution is -2.26. The van der Waals surface area contributed by atoms with Gasteiger partial charge in [0.25, 0.3) is 11.8 Å². The number of hydrogen-bond donors (Lipinski definition) is 1. The number of methoxy groups -OCH3 is 1. The number of carbonyl (C=O) groups is 2. The van der Waals surface area contributed by atoms with Gasteiger partial charge in [0.05, 0.1) is 18.5 Å². The summed E-state index contributed by atoms with van der Waals surface area (Å²) in [6.45, 7) is 4.24. The van der Waals surface area contributed by atoms with Crippen LogP contribution in [0.5, 0.6) is 11.5 Å². The Morgan fingerprint density at radius 3 is 2.38 bits per heavy atom. The molecule has 0 atom stereocenters. The van der Waals surface area contributed by atoms with Crippen molar-refractivity contribution in [3.05, 3.63) is 101 Å². The van der Waals surface area contributed by atoms with Crippen molar-refractivity contribution in [3.8, 4) is 17.2 Å². The van der Waals surface area contributed by atoms with Gasteiger partial charge in [-0.2, -0.15) is 5.10 Å². The topological polar surface area (TPSA) is 85.7 Å². The van der Waals surface area contributed by atoms with Gasteiger partial charge in [-0.05, 0) is 62.4 Å². The third kappa shape index (κ3) is 6.16. The molecule has 0 saturated heterocycles. The van der Waals surface area contributed by atoms with Gasteiger partial charge in [0, 0.05) is 42.2 Å². The summed E-state index contributed by atoms with van der Waals surface area (Å²) in [6, 6.07) is 23.8. The molecule has 0 bridgehead atoms. The fourth-order valence-corrected chi connectivity index (χ4v) is 3.99. The minimum atomic E-state index is -0.296. The number of anilines is 1. The van der Waals surface area contributed by atoms with E-state index < -0.39 is 0 Å². The number of ether oxygens (including phenoxy) is 2. The van der Waals surface area contributed by atoms with Crippen molar-refractivity contribution in [1.29, 1.82) is 0 Å². The second-order valence-corrected chi connectivity index (χ2v) is 8.65. The van der Waals surface area contributed by atoms with Crippen LogP contribution in [-0.4, -0.2) is 47.3 Å². The number of aryl methyl sites for hydroxylation is 1. The van der Waals surface area contributed by atoms with E-state index in [1.54, 1.807) is 67.6 Å². The third-order valence-electron chi connectivity index (χ3n) is 6.01. The molecule has 2 amide bonds. The van der Waals surface area contributed by atoms with Crippen molar-refractivity contribution in [2.24, 2.45) is 0 Å². The molecule has 0 fully saturated rings. The van der Waals surface area contributed by atoms with Gasteiger partial charge in [0.1, 0.15) is 11.5 Å². The van der Waals surface area contributed by atoms with Gasteiger partial charge in [-0.25, -0.2) is 4.68 Å². The predicted octanol–water partition coefficient (Wildman–Crippen LogP) is 4.79. The first kappa shape index (κ1) is 25.5. The second-order valence-electron chi connectivity index (χ2n) is 8.65. The zero-order valence-corrected chi connectivity index (χ0v) is 21.4. The van der Waals surface area contributed by atoms with Gasteiger partial charge >= 0.3 is 0 Å². The number of nitrogens with zero attached hydrogens (tertiary/aromatic N) is 3. The highest BCUT2D eigenvalue weighted by molar-refractivity contribution is 5.94. The van der Waals surface area contributed by atoms with Crippen LogP contribution in [0.25, 0.3) is 5.69 Å². The number of benzene rings is 3. The number of nitrogens with one attached hydrogen (secondary N) is 1. The van der Waals surface area contributed by atoms with Crippen LogP contribution in [0.1, 0.15) is 27.3 Å². The summed E-state index contributed by atoms with van der Waals surface area (Å²) in [7, 11) is 3.34. The Hall–Kier alpha value is -4.59. The van der Waals surface area contributed by atoms with Crippen molar-refractivity contribution in [1.82, 2.24) is 14.7 Å². The molecule has 4 rings (SSSR count). The molecule has 0 aliphatic rings. The van der Waals surface area contributed by atoms with Crippen LogP contribution in [0.15, 0.2) is 78.9 Å². The first-order valence-corrected chi connectivity index (χ1v) is 11.9. The van der Waals surface area contributed by atoms with E-state index in [1.165, 1.54) is 0 Å². The average molecular weight is 499 g/mol. The Balaban J connectivity index is 1.34. The van der Waals surface area contributed by atoms with E-state index >= 15 is 0 Å². The first-order chi connectivity index (χ1) is 17.9. The normalized spacial score (nSPS) is 10.6. The van der Waals surface area contributed by atoms with Crippen LogP contribution in [0.3, 0.4) is 0 Å². The fraction of sp³-hybridized carbons (Fsp3) is 0.207. The summed E-state index contributed by atoms with van der Waals surface area (Å²) in [4.78, 5) is 27.0. The van der Waals surface area contributed by atoms with Crippen LogP contribution in [0.4, 0.5) is 5.69 Å². The maximum Gasteiger partial charge on any atom is 0.262 e. The molecular formula is C29H30N4O4. The maximum atomic E-state index is 13.1. The zero-order chi connectivity index (χ0) is 26.4. The van der Waals surface area contributed by atoms with E-state index in [1.807, 2.05) is 48.9 Å². The van der Waals surface area contributed by atoms with E-state index in [2.05, 4.69) is 10.4 Å². The van der Waals surface area contributed by atoms with Gasteiger partial charge < -0.3 is 19.7 Å². The lowest BCUT2D eigenvalue weighted by atomic mass is 10.1. The Kier molecular flexibility index (Phi) is 7.88. The molecule has 0 unspecified atom stereocenters. The van der Waals surface area contributed by atoms with E-state index in [9.17, 15) is 9.59 Å². The molecule has 0 radical (unpaired) electrons. The third-order valence-corrected chi connectivity index (χ3v) is 6.01. The quantitative estimate of drug-likeness (QED) is 0.359. The van der Waals surface area contributed by atoms with Crippen molar-refractivity contribution in [2.45, 2.75) is 20.4 Å². The molecular weight excluding hydrogens is 468 g/mol. The summed E-state index contributed by atoms with van der Waals surface area (Å²) in [5, 5.41) is 7.43. The molecule has 8 nitrogen and oxygen atoms in total. The molecule has 3 aromatic carbocycles. The van der Waals surface area contributed by atoms with Gasteiger partial charge in [-0.3, -0.25) is 9.59 Å². The Bertz CT molecular complexity index is 1380. The Morgan fingerprint density at radius 1 is 0.946 bits per heavy atom. The SMILES string of the molecule is COc1cccc(NC(=O)COc2ccc(C(=O)N(C)Cc3c(C)nn(-c4ccccc4)c3C)cc2)c1. The Labute approximate surface area is 216 Å². The largest absolute Gasteiger partial charge is 0.497 e. The monoisotopic (exact) mass is 498 g/mol. The van der Waals surface area contributed by atoms with E-state index in [-0.39, 0.29) is 18.4 Å². The molecule has 0 aliphatic carbocycles. The molecule has 190 valence electrons. The van der Waals surface area contributed by atoms with E-state index in [0.717, 1.165) is 22.6 Å². The molecule has 0 spiro atoms. The van der Waals surface area contributed by atoms with Crippen LogP contribution in [0, 0.1) is 13.8 Å². The van der Waals surface area contributed by atoms with E-state index in [4.69, 9.17) is 9.47 Å². The summed E-state index contributed by atoms with van der Waals surface area (Å²) in [5.74, 6) is 0.735. The predicted molar refractivity (Wildman–Crippen MR) is 142 cm³/mol. The number of carbonyl (C=O) groups excluding carboxylic acids is 2. The van der Waals surface area contributed by atoms with Crippen LogP contribution in [0.2, 0.25) is 0 Å². The highest BCUT2D eigenvalue weighted by atomic mass is 16.5. The minimum absolute atomic E-state index is 0.117. The van der Waals surface area contributed by atoms with Gasteiger partial charge in [-0.15, -0.1) is 0 Å². The standard InChI is InChI=1S/C29H30N4O4/c1-20-27(21(2)33(31-20)24-10-6-5-7-11-24)18-32(3)29(35)22-13-15-25(16-14-22)37-19-28(34)30-23-9-8-12-26(17-23)36-4/h5-17H,18-19H2,1-4H3,(H,30,34). The maximum absolute atomic E-state index is 13.1. The number of rotatable bonds is 9. The van der Waals surface area contributed by atoms with Gasteiger partial charge in [0.2, 0.25) is 0 Å². The number of para-hydroxylation sites is 1. The first-order valence-electron chi connectivity index (χ1n) is 11.9. The molecule has 4 aromatic rings. The second kappa shape index (κ2) is 11.4. The molecule has 0 aliphatic heterocycles. The van der Waals surface area contributed by atoms with Crippen LogP contribution in [-0.2, 0) is 11.3 Å². The van der Waals surface area contributed by atoms with Crippen molar-refractivity contribution >= 4 is 17.5 Å². The van der Waals surface area contributed by atoms with Crippen LogP contribution >= 0.6 is 0 Å². The molecule has 1 N–H and O–H groups in total. The molecule has 0 saturated carbocycles. The lowest BCUT2D eigenvalue weighted by molar-refractivity contribution is -0.118. The lowest BCUT2D eigenvalue weighted by Gasteiger charge is -2.18. The van der Waals surface area contributed by atoms with E-state index in [0.29, 0.717) is 29.3 Å². The molecule has 8 heteroatoms. The smallest absolute Gasteiger partial charge is 0.262 e. The molecule has 1 heterocycles. The number of hydrogen-bond acceptors (Lipinski definition) is 5. The van der Waals surface area contributed by atoms with Crippen LogP contribution < -0.4 is 14.8 Å². The summed E-state index contributed by atoms with van der Waals surface area (Å²) >= 11 is 0. The summed E-state index contributed by atoms with van der Waals surface area (Å²) in [5.41, 5.74) is 5.03. The molecule has 1 aromatic heterocycles. The molecule has 37 heavy (non-hydrogen) atoms. The average Bonchev–Trinajstić information content (AvgIpc) is 3.20. The number of aromatic nitrogens is 2. The Morgan fingerprint density at radius 2 is 1.68 bits per heavy atom. The van der Waals surface area contributed by atoms with Crippen molar-refractivity contribution in [3.63, 3.8) is 0 Å². The fourth-order valence-electron chi connectivity index (χ4n) is 3.99. The minimum Gasteiger partial charge on any atom is -0.497 e. The van der Waals surface area contributed by atoms with Gasteiger partial charge in [0.15, 0.2) is 6.61 Å². The number of amides is 2. The zero-order valence-electron chi connectivity index (χ0n) is 21.4. The highest BCUT2D eigenvalue weighted by Gasteiger charge is 2.18. The van der Waals surface area contributed by atoms with Crippen molar-refractivity contribution < 1.29 is 19.1 Å². The summed E-state index contributed by atoms with van der Waals surface area (Å²) in [6.07, 6.45) is 0. The highest BCUT2D eigenvalue weighted by Crippen LogP contribution is 2.21. The van der Waals surface area contributed by atoms with Gasteiger partial charge in [-0.1, -0.05) is 24.3 Å². The summed E-state index contributed by atoms with van der Waals surface area (Å²) < 4.78 is 12.6. The van der Waals surface area contributed by atoms with Crippen molar-refractivity contribution in [2.75, 3.05) is 26.1 Å².